The van der Waals surface area contributed by atoms with E-state index in [0.29, 0.717) is 12.0 Å². The zero-order valence-electron chi connectivity index (χ0n) is 15.0. The number of hydrogen-bond acceptors (Lipinski definition) is 3. The molecule has 1 saturated heterocycles. The molecule has 2 aliphatic rings. The Morgan fingerprint density at radius 1 is 1.10 bits per heavy atom. The molecule has 1 saturated carbocycles. The minimum Gasteiger partial charge on any atom is -0.368 e. The predicted octanol–water partition coefficient (Wildman–Crippen LogP) is 3.29. The van der Waals surface area contributed by atoms with Crippen LogP contribution in [0.15, 0.2) is 0 Å². The van der Waals surface area contributed by atoms with Crippen molar-refractivity contribution in [1.82, 2.24) is 10.2 Å². The third kappa shape index (κ3) is 4.00. The monoisotopic (exact) mass is 296 g/mol. The largest absolute Gasteiger partial charge is 0.368 e. The molecule has 2 fully saturated rings. The highest BCUT2D eigenvalue weighted by molar-refractivity contribution is 5.06. The van der Waals surface area contributed by atoms with Crippen molar-refractivity contribution in [3.05, 3.63) is 0 Å². The summed E-state index contributed by atoms with van der Waals surface area (Å²) in [6, 6.07) is 0.441. The summed E-state index contributed by atoms with van der Waals surface area (Å²) in [6.07, 6.45) is 5.47. The fourth-order valence-electron chi connectivity index (χ4n) is 4.24. The van der Waals surface area contributed by atoms with Crippen molar-refractivity contribution in [3.63, 3.8) is 0 Å². The van der Waals surface area contributed by atoms with Crippen molar-refractivity contribution in [2.45, 2.75) is 77.5 Å². The molecule has 3 heteroatoms. The van der Waals surface area contributed by atoms with Gasteiger partial charge in [0.15, 0.2) is 0 Å². The van der Waals surface area contributed by atoms with E-state index in [2.05, 4.69) is 51.9 Å². The maximum atomic E-state index is 6.42. The van der Waals surface area contributed by atoms with E-state index in [1.165, 1.54) is 32.2 Å². The molecule has 2 atom stereocenters. The molecule has 0 radical (unpaired) electrons. The van der Waals surface area contributed by atoms with Crippen molar-refractivity contribution in [1.29, 1.82) is 0 Å². The first kappa shape index (κ1) is 17.2. The van der Waals surface area contributed by atoms with E-state index in [4.69, 9.17) is 4.74 Å². The average molecular weight is 296 g/mol. The lowest BCUT2D eigenvalue weighted by Crippen LogP contribution is -2.51. The SMILES string of the molecule is CCCNC1C(CN(C)CC2CCC2)C(C)(C)OC1(C)C. The topological polar surface area (TPSA) is 24.5 Å². The van der Waals surface area contributed by atoms with Gasteiger partial charge in [0.05, 0.1) is 11.2 Å². The van der Waals surface area contributed by atoms with E-state index in [0.717, 1.165) is 19.0 Å². The smallest absolute Gasteiger partial charge is 0.0790 e. The summed E-state index contributed by atoms with van der Waals surface area (Å²) in [5.41, 5.74) is -0.135. The quantitative estimate of drug-likeness (QED) is 0.780. The summed E-state index contributed by atoms with van der Waals surface area (Å²) in [5.74, 6) is 1.49. The molecule has 0 amide bonds. The molecule has 0 aromatic heterocycles. The van der Waals surface area contributed by atoms with Crippen LogP contribution in [0.25, 0.3) is 0 Å². The first-order chi connectivity index (χ1) is 9.76. The zero-order chi connectivity index (χ0) is 15.7. The lowest BCUT2D eigenvalue weighted by molar-refractivity contribution is -0.0795. The molecule has 1 heterocycles. The molecule has 2 unspecified atom stereocenters. The molecular weight excluding hydrogens is 260 g/mol. The van der Waals surface area contributed by atoms with Gasteiger partial charge in [-0.1, -0.05) is 13.3 Å². The second-order valence-corrected chi connectivity index (χ2v) is 8.37. The number of nitrogens with one attached hydrogen (secondary N) is 1. The third-order valence-electron chi connectivity index (χ3n) is 5.49. The maximum Gasteiger partial charge on any atom is 0.0790 e. The first-order valence-electron chi connectivity index (χ1n) is 8.88. The van der Waals surface area contributed by atoms with Crippen LogP contribution in [0.3, 0.4) is 0 Å². The van der Waals surface area contributed by atoms with E-state index in [-0.39, 0.29) is 11.2 Å². The highest BCUT2D eigenvalue weighted by atomic mass is 16.5. The Bertz CT molecular complexity index is 336. The molecule has 3 nitrogen and oxygen atoms in total. The molecule has 1 aliphatic carbocycles. The number of nitrogens with zero attached hydrogens (tertiary/aromatic N) is 1. The first-order valence-corrected chi connectivity index (χ1v) is 8.88. The van der Waals surface area contributed by atoms with Gasteiger partial charge >= 0.3 is 0 Å². The fraction of sp³-hybridized carbons (Fsp3) is 1.00. The molecule has 1 N–H and O–H groups in total. The van der Waals surface area contributed by atoms with Gasteiger partial charge in [0.2, 0.25) is 0 Å². The Hall–Kier alpha value is -0.120. The van der Waals surface area contributed by atoms with Crippen molar-refractivity contribution in [3.8, 4) is 0 Å². The van der Waals surface area contributed by atoms with Crippen molar-refractivity contribution < 1.29 is 4.74 Å². The molecule has 1 aliphatic heterocycles. The summed E-state index contributed by atoms with van der Waals surface area (Å²) in [4.78, 5) is 2.54. The number of rotatable bonds is 7. The predicted molar refractivity (Wildman–Crippen MR) is 89.7 cm³/mol. The van der Waals surface area contributed by atoms with Gasteiger partial charge < -0.3 is 15.0 Å². The summed E-state index contributed by atoms with van der Waals surface area (Å²) >= 11 is 0. The highest BCUT2D eigenvalue weighted by Crippen LogP contribution is 2.42. The van der Waals surface area contributed by atoms with Crippen molar-refractivity contribution in [2.24, 2.45) is 11.8 Å². The van der Waals surface area contributed by atoms with Crippen LogP contribution in [0.5, 0.6) is 0 Å². The zero-order valence-corrected chi connectivity index (χ0v) is 15.0. The van der Waals surface area contributed by atoms with E-state index in [9.17, 15) is 0 Å². The van der Waals surface area contributed by atoms with E-state index in [1.807, 2.05) is 0 Å². The number of ether oxygens (including phenoxy) is 1. The standard InChI is InChI=1S/C18H36N2O/c1-7-11-19-16-15(17(2,3)21-18(16,4)5)13-20(6)12-14-9-8-10-14/h14-16,19H,7-13H2,1-6H3. The van der Waals surface area contributed by atoms with E-state index < -0.39 is 0 Å². The van der Waals surface area contributed by atoms with Gasteiger partial charge in [-0.15, -0.1) is 0 Å². The van der Waals surface area contributed by atoms with Gasteiger partial charge in [-0.2, -0.15) is 0 Å². The van der Waals surface area contributed by atoms with Gasteiger partial charge in [-0.05, 0) is 66.5 Å². The van der Waals surface area contributed by atoms with Gasteiger partial charge in [0.1, 0.15) is 0 Å². The van der Waals surface area contributed by atoms with Crippen LogP contribution in [0.1, 0.15) is 60.3 Å². The molecule has 0 spiro atoms. The Balaban J connectivity index is 2.00. The van der Waals surface area contributed by atoms with Gasteiger partial charge in [0.25, 0.3) is 0 Å². The van der Waals surface area contributed by atoms with Crippen LogP contribution < -0.4 is 5.32 Å². The average Bonchev–Trinajstić information content (AvgIpc) is 2.47. The van der Waals surface area contributed by atoms with E-state index >= 15 is 0 Å². The maximum absolute atomic E-state index is 6.42. The van der Waals surface area contributed by atoms with Crippen molar-refractivity contribution >= 4 is 0 Å². The summed E-state index contributed by atoms with van der Waals surface area (Å²) in [7, 11) is 2.29. The van der Waals surface area contributed by atoms with E-state index in [1.54, 1.807) is 0 Å². The second kappa shape index (κ2) is 6.55. The van der Waals surface area contributed by atoms with Crippen LogP contribution in [0, 0.1) is 11.8 Å². The Kier molecular flexibility index (Phi) is 5.38. The molecule has 0 bridgehead atoms. The second-order valence-electron chi connectivity index (χ2n) is 8.37. The molecule has 2 rings (SSSR count). The van der Waals surface area contributed by atoms with Crippen LogP contribution in [0.4, 0.5) is 0 Å². The third-order valence-corrected chi connectivity index (χ3v) is 5.49. The van der Waals surface area contributed by atoms with Crippen LogP contribution in [-0.2, 0) is 4.74 Å². The summed E-state index contributed by atoms with van der Waals surface area (Å²) < 4.78 is 6.42. The summed E-state index contributed by atoms with van der Waals surface area (Å²) in [5, 5.41) is 3.76. The molecule has 21 heavy (non-hydrogen) atoms. The lowest BCUT2D eigenvalue weighted by Gasteiger charge is -2.36. The van der Waals surface area contributed by atoms with Gasteiger partial charge in [0, 0.05) is 25.0 Å². The van der Waals surface area contributed by atoms with Crippen LogP contribution >= 0.6 is 0 Å². The van der Waals surface area contributed by atoms with Crippen molar-refractivity contribution in [2.75, 3.05) is 26.7 Å². The molecular formula is C18H36N2O. The minimum atomic E-state index is -0.0827. The van der Waals surface area contributed by atoms with Crippen LogP contribution in [0.2, 0.25) is 0 Å². The summed E-state index contributed by atoms with van der Waals surface area (Å²) in [6.45, 7) is 14.7. The molecule has 0 aromatic rings. The molecule has 124 valence electrons. The lowest BCUT2D eigenvalue weighted by atomic mass is 9.81. The normalized spacial score (nSPS) is 31.6. The Morgan fingerprint density at radius 2 is 1.76 bits per heavy atom. The van der Waals surface area contributed by atoms with Crippen LogP contribution in [-0.4, -0.2) is 48.8 Å². The molecule has 0 aromatic carbocycles. The van der Waals surface area contributed by atoms with Gasteiger partial charge in [-0.3, -0.25) is 0 Å². The Morgan fingerprint density at radius 3 is 2.29 bits per heavy atom. The van der Waals surface area contributed by atoms with Gasteiger partial charge in [-0.25, -0.2) is 0 Å². The fourth-order valence-corrected chi connectivity index (χ4v) is 4.24. The minimum absolute atomic E-state index is 0.0528. The highest BCUT2D eigenvalue weighted by Gasteiger charge is 2.53. The Labute approximate surface area is 131 Å². The number of hydrogen-bond donors (Lipinski definition) is 1.